The molecule has 0 aromatic heterocycles. The quantitative estimate of drug-likeness (QED) is 0.647. The zero-order valence-corrected chi connectivity index (χ0v) is 10.6. The lowest BCUT2D eigenvalue weighted by Gasteiger charge is -2.26. The molecule has 0 unspecified atom stereocenters. The summed E-state index contributed by atoms with van der Waals surface area (Å²) in [5.41, 5.74) is 0.410. The average molecular weight is 252 g/mol. The molecule has 0 bridgehead atoms. The van der Waals surface area contributed by atoms with E-state index in [1.807, 2.05) is 0 Å². The molecule has 18 heavy (non-hydrogen) atoms. The number of nitro groups is 1. The minimum Gasteiger partial charge on any atom is -0.307 e. The lowest BCUT2D eigenvalue weighted by molar-refractivity contribution is -0.385. The maximum Gasteiger partial charge on any atom is 0.272 e. The number of nitrogens with one attached hydrogen (secondary N) is 1. The zero-order valence-electron chi connectivity index (χ0n) is 10.6. The number of halogens is 1. The third-order valence-electron chi connectivity index (χ3n) is 3.50. The SMILES string of the molecule is CC(C)(NCc1cc(F)cc([N+](=O)[O-])c1)C1CC1. The van der Waals surface area contributed by atoms with Crippen molar-refractivity contribution in [3.63, 3.8) is 0 Å². The van der Waals surface area contributed by atoms with Gasteiger partial charge in [-0.15, -0.1) is 0 Å². The van der Waals surface area contributed by atoms with E-state index in [1.165, 1.54) is 25.0 Å². The first-order chi connectivity index (χ1) is 8.38. The molecule has 1 N–H and O–H groups in total. The molecule has 1 saturated carbocycles. The van der Waals surface area contributed by atoms with Crippen LogP contribution in [-0.4, -0.2) is 10.5 Å². The van der Waals surface area contributed by atoms with Gasteiger partial charge in [-0.2, -0.15) is 0 Å². The summed E-state index contributed by atoms with van der Waals surface area (Å²) >= 11 is 0. The second-order valence-electron chi connectivity index (χ2n) is 5.42. The highest BCUT2D eigenvalue weighted by Crippen LogP contribution is 2.39. The van der Waals surface area contributed by atoms with Gasteiger partial charge in [0.2, 0.25) is 0 Å². The van der Waals surface area contributed by atoms with Crippen molar-refractivity contribution < 1.29 is 9.31 Å². The largest absolute Gasteiger partial charge is 0.307 e. The van der Waals surface area contributed by atoms with Crippen LogP contribution in [0.4, 0.5) is 10.1 Å². The fourth-order valence-corrected chi connectivity index (χ4v) is 2.12. The predicted octanol–water partition coefficient (Wildman–Crippen LogP) is 3.01. The molecule has 2 rings (SSSR count). The van der Waals surface area contributed by atoms with Crippen molar-refractivity contribution >= 4 is 5.69 Å². The molecule has 0 radical (unpaired) electrons. The van der Waals surface area contributed by atoms with Gasteiger partial charge in [0.1, 0.15) is 5.82 Å². The van der Waals surface area contributed by atoms with E-state index in [0.717, 1.165) is 6.07 Å². The summed E-state index contributed by atoms with van der Waals surface area (Å²) in [6, 6.07) is 3.69. The summed E-state index contributed by atoms with van der Waals surface area (Å²) in [6.45, 7) is 4.67. The van der Waals surface area contributed by atoms with Crippen LogP contribution in [-0.2, 0) is 6.54 Å². The number of rotatable bonds is 5. The van der Waals surface area contributed by atoms with Gasteiger partial charge in [0, 0.05) is 18.2 Å². The van der Waals surface area contributed by atoms with Crippen LogP contribution < -0.4 is 5.32 Å². The van der Waals surface area contributed by atoms with Gasteiger partial charge in [0.05, 0.1) is 11.0 Å². The fourth-order valence-electron chi connectivity index (χ4n) is 2.12. The van der Waals surface area contributed by atoms with Crippen molar-refractivity contribution in [3.05, 3.63) is 39.7 Å². The number of nitrogens with zero attached hydrogens (tertiary/aromatic N) is 1. The number of nitro benzene ring substituents is 1. The second-order valence-corrected chi connectivity index (χ2v) is 5.42. The number of hydrogen-bond acceptors (Lipinski definition) is 3. The number of non-ortho nitro benzene ring substituents is 1. The Morgan fingerprint density at radius 2 is 2.11 bits per heavy atom. The predicted molar refractivity (Wildman–Crippen MR) is 66.7 cm³/mol. The van der Waals surface area contributed by atoms with Crippen molar-refractivity contribution in [1.82, 2.24) is 5.32 Å². The normalized spacial score (nSPS) is 15.7. The van der Waals surface area contributed by atoms with Crippen LogP contribution in [0, 0.1) is 21.8 Å². The number of benzene rings is 1. The van der Waals surface area contributed by atoms with E-state index >= 15 is 0 Å². The van der Waals surface area contributed by atoms with E-state index in [0.29, 0.717) is 18.0 Å². The Morgan fingerprint density at radius 1 is 1.44 bits per heavy atom. The van der Waals surface area contributed by atoms with Crippen LogP contribution in [0.25, 0.3) is 0 Å². The molecule has 0 atom stereocenters. The first kappa shape index (κ1) is 13.0. The molecule has 0 aliphatic heterocycles. The van der Waals surface area contributed by atoms with E-state index < -0.39 is 10.7 Å². The molecule has 98 valence electrons. The van der Waals surface area contributed by atoms with Crippen molar-refractivity contribution in [2.75, 3.05) is 0 Å². The van der Waals surface area contributed by atoms with Crippen LogP contribution in [0.5, 0.6) is 0 Å². The monoisotopic (exact) mass is 252 g/mol. The van der Waals surface area contributed by atoms with Gasteiger partial charge in [-0.25, -0.2) is 4.39 Å². The summed E-state index contributed by atoms with van der Waals surface area (Å²) < 4.78 is 13.2. The average Bonchev–Trinajstić information content (AvgIpc) is 3.09. The van der Waals surface area contributed by atoms with Gasteiger partial charge in [-0.05, 0) is 44.2 Å². The van der Waals surface area contributed by atoms with Crippen molar-refractivity contribution in [2.45, 2.75) is 38.8 Å². The van der Waals surface area contributed by atoms with Gasteiger partial charge >= 0.3 is 0 Å². The van der Waals surface area contributed by atoms with E-state index in [1.54, 1.807) is 0 Å². The summed E-state index contributed by atoms with van der Waals surface area (Å²) in [4.78, 5) is 10.1. The smallest absolute Gasteiger partial charge is 0.272 e. The molecule has 1 aromatic carbocycles. The van der Waals surface area contributed by atoms with Crippen molar-refractivity contribution in [3.8, 4) is 0 Å². The second kappa shape index (κ2) is 4.65. The molecule has 0 amide bonds. The van der Waals surface area contributed by atoms with E-state index in [4.69, 9.17) is 0 Å². The standard InChI is InChI=1S/C13H17FN2O2/c1-13(2,10-3-4-10)15-8-9-5-11(14)7-12(6-9)16(17)18/h5-7,10,15H,3-4,8H2,1-2H3. The molecule has 1 aliphatic carbocycles. The van der Waals surface area contributed by atoms with Crippen LogP contribution in [0.15, 0.2) is 18.2 Å². The topological polar surface area (TPSA) is 55.2 Å². The summed E-state index contributed by atoms with van der Waals surface area (Å²) in [7, 11) is 0. The minimum absolute atomic E-state index is 0.00109. The van der Waals surface area contributed by atoms with Crippen molar-refractivity contribution in [1.29, 1.82) is 0 Å². The highest BCUT2D eigenvalue weighted by Gasteiger charge is 2.37. The van der Waals surface area contributed by atoms with Gasteiger partial charge < -0.3 is 5.32 Å². The molecule has 0 spiro atoms. The molecular weight excluding hydrogens is 235 g/mol. The van der Waals surface area contributed by atoms with Crippen LogP contribution in [0.2, 0.25) is 0 Å². The minimum atomic E-state index is -0.571. The van der Waals surface area contributed by atoms with Crippen LogP contribution in [0.3, 0.4) is 0 Å². The summed E-state index contributed by atoms with van der Waals surface area (Å²) in [6.07, 6.45) is 2.42. The van der Waals surface area contributed by atoms with Gasteiger partial charge in [0.25, 0.3) is 5.69 Å². The Labute approximate surface area is 105 Å². The van der Waals surface area contributed by atoms with Crippen LogP contribution >= 0.6 is 0 Å². The lowest BCUT2D eigenvalue weighted by Crippen LogP contribution is -2.40. The lowest BCUT2D eigenvalue weighted by atomic mass is 9.98. The molecule has 4 nitrogen and oxygen atoms in total. The molecule has 5 heteroatoms. The van der Waals surface area contributed by atoms with E-state index in [9.17, 15) is 14.5 Å². The zero-order chi connectivity index (χ0) is 13.3. The highest BCUT2D eigenvalue weighted by molar-refractivity contribution is 5.35. The Kier molecular flexibility index (Phi) is 3.34. The van der Waals surface area contributed by atoms with Gasteiger partial charge in [-0.3, -0.25) is 10.1 Å². The van der Waals surface area contributed by atoms with E-state index in [2.05, 4.69) is 19.2 Å². The highest BCUT2D eigenvalue weighted by atomic mass is 19.1. The Bertz CT molecular complexity index is 470. The van der Waals surface area contributed by atoms with Crippen molar-refractivity contribution in [2.24, 2.45) is 5.92 Å². The number of hydrogen-bond donors (Lipinski definition) is 1. The fraction of sp³-hybridized carbons (Fsp3) is 0.538. The van der Waals surface area contributed by atoms with E-state index in [-0.39, 0.29) is 11.2 Å². The first-order valence-electron chi connectivity index (χ1n) is 6.07. The molecule has 0 saturated heterocycles. The maximum atomic E-state index is 13.2. The third kappa shape index (κ3) is 3.04. The Balaban J connectivity index is 2.06. The summed E-state index contributed by atoms with van der Waals surface area (Å²) in [5, 5.41) is 14.0. The van der Waals surface area contributed by atoms with Gasteiger partial charge in [0.15, 0.2) is 0 Å². The Morgan fingerprint density at radius 3 is 2.67 bits per heavy atom. The summed E-state index contributed by atoms with van der Waals surface area (Å²) in [5.74, 6) is 0.0891. The molecule has 0 heterocycles. The van der Waals surface area contributed by atoms with Crippen LogP contribution in [0.1, 0.15) is 32.3 Å². The first-order valence-corrected chi connectivity index (χ1v) is 6.07. The van der Waals surface area contributed by atoms with Gasteiger partial charge in [-0.1, -0.05) is 0 Å². The molecule has 1 aliphatic rings. The molecule has 1 fully saturated rings. The third-order valence-corrected chi connectivity index (χ3v) is 3.50. The molecular formula is C13H17FN2O2. The maximum absolute atomic E-state index is 13.2. The Hall–Kier alpha value is -1.49. The molecule has 1 aromatic rings.